The number of rotatable bonds is 2. The summed E-state index contributed by atoms with van der Waals surface area (Å²) in [5.74, 6) is 11.2. The van der Waals surface area contributed by atoms with E-state index in [1.807, 2.05) is 16.9 Å². The number of benzene rings is 1. The van der Waals surface area contributed by atoms with E-state index in [2.05, 4.69) is 28.8 Å². The van der Waals surface area contributed by atoms with Crippen LogP contribution in [0.1, 0.15) is 42.9 Å². The first-order valence-electron chi connectivity index (χ1n) is 10.5. The summed E-state index contributed by atoms with van der Waals surface area (Å²) in [7, 11) is 0. The van der Waals surface area contributed by atoms with Crippen LogP contribution in [0.3, 0.4) is 0 Å². The number of hydrogen-bond donors (Lipinski definition) is 4. The maximum absolute atomic E-state index is 11.2. The molecular weight excluding hydrogens is 396 g/mol. The number of nitrogens with zero attached hydrogens (tertiary/aromatic N) is 2. The van der Waals surface area contributed by atoms with Gasteiger partial charge in [0.2, 0.25) is 0 Å². The zero-order valence-corrected chi connectivity index (χ0v) is 17.1. The summed E-state index contributed by atoms with van der Waals surface area (Å²) in [5, 5.41) is 46.0. The van der Waals surface area contributed by atoms with Gasteiger partial charge in [0.05, 0.1) is 24.4 Å². The second-order valence-electron chi connectivity index (χ2n) is 8.03. The first kappa shape index (κ1) is 21.6. The fourth-order valence-corrected chi connectivity index (χ4v) is 4.03. The third-order valence-corrected chi connectivity index (χ3v) is 5.87. The summed E-state index contributed by atoms with van der Waals surface area (Å²) >= 11 is 0. The van der Waals surface area contributed by atoms with Gasteiger partial charge in [0.25, 0.3) is 0 Å². The lowest BCUT2D eigenvalue weighted by atomic mass is 9.82. The predicted molar refractivity (Wildman–Crippen MR) is 113 cm³/mol. The van der Waals surface area contributed by atoms with Crippen LogP contribution < -0.4 is 0 Å². The minimum atomic E-state index is -2.14. The first-order chi connectivity index (χ1) is 15.0. The molecule has 0 unspecified atom stereocenters. The molecule has 2 aliphatic rings. The molecule has 0 amide bonds. The van der Waals surface area contributed by atoms with Crippen LogP contribution in [0.4, 0.5) is 0 Å². The quantitative estimate of drug-likeness (QED) is 0.529. The first-order valence-corrected chi connectivity index (χ1v) is 10.5. The molecule has 7 heteroatoms. The minimum Gasteiger partial charge on any atom is -0.394 e. The van der Waals surface area contributed by atoms with Crippen molar-refractivity contribution in [1.82, 2.24) is 9.78 Å². The molecule has 162 valence electrons. The van der Waals surface area contributed by atoms with Crippen LogP contribution in [0.25, 0.3) is 0 Å². The molecule has 0 spiro atoms. The van der Waals surface area contributed by atoms with Crippen molar-refractivity contribution in [1.29, 1.82) is 0 Å². The maximum atomic E-state index is 11.2. The van der Waals surface area contributed by atoms with Gasteiger partial charge in [-0.3, -0.25) is 4.68 Å². The molecule has 31 heavy (non-hydrogen) atoms. The topological polar surface area (TPSA) is 108 Å². The fourth-order valence-electron chi connectivity index (χ4n) is 4.03. The second-order valence-corrected chi connectivity index (χ2v) is 8.03. The molecule has 5 atom stereocenters. The Morgan fingerprint density at radius 3 is 2.55 bits per heavy atom. The molecule has 1 saturated heterocycles. The summed E-state index contributed by atoms with van der Waals surface area (Å²) in [5.41, 5.74) is -0.864. The van der Waals surface area contributed by atoms with Gasteiger partial charge in [0.15, 0.2) is 11.7 Å². The van der Waals surface area contributed by atoms with E-state index in [-0.39, 0.29) is 0 Å². The number of ether oxygens (including phenoxy) is 1. The van der Waals surface area contributed by atoms with E-state index < -0.39 is 36.6 Å². The molecular formula is C24H26N2O5. The Morgan fingerprint density at radius 1 is 1.10 bits per heavy atom. The van der Waals surface area contributed by atoms with Crippen molar-refractivity contribution >= 4 is 0 Å². The highest BCUT2D eigenvalue weighted by molar-refractivity contribution is 5.41. The van der Waals surface area contributed by atoms with Crippen molar-refractivity contribution in [3.8, 4) is 23.7 Å². The fraction of sp³-hybridized carbons (Fsp3) is 0.458. The molecule has 1 saturated carbocycles. The lowest BCUT2D eigenvalue weighted by molar-refractivity contribution is -0.239. The van der Waals surface area contributed by atoms with Crippen LogP contribution in [-0.4, -0.2) is 66.8 Å². The van der Waals surface area contributed by atoms with Gasteiger partial charge in [-0.05, 0) is 25.0 Å². The van der Waals surface area contributed by atoms with Crippen molar-refractivity contribution in [3.63, 3.8) is 0 Å². The van der Waals surface area contributed by atoms with Crippen molar-refractivity contribution in [2.75, 3.05) is 6.61 Å². The molecule has 1 aliphatic carbocycles. The molecule has 7 nitrogen and oxygen atoms in total. The standard InChI is InChI=1S/C24H26N2O5/c27-16-20-22(28)23(29)24(30,13-12-17-6-2-1-3-7-17)21(31-20)11-10-18-14-25-26(15-18)19-8-4-5-9-19/h1-3,6-7,14-15,19-23,27-30H,4-5,8-9,16H2/t20-,21-,22-,23+,24-/m1/s1. The number of aliphatic hydroxyl groups is 4. The third kappa shape index (κ3) is 4.52. The number of hydrogen-bond acceptors (Lipinski definition) is 6. The van der Waals surface area contributed by atoms with Crippen LogP contribution in [0, 0.1) is 23.7 Å². The van der Waals surface area contributed by atoms with E-state index >= 15 is 0 Å². The average Bonchev–Trinajstić information content (AvgIpc) is 3.49. The maximum Gasteiger partial charge on any atom is 0.191 e. The van der Waals surface area contributed by atoms with Crippen molar-refractivity contribution in [2.45, 2.75) is 61.7 Å². The Bertz CT molecular complexity index is 1010. The van der Waals surface area contributed by atoms with Crippen LogP contribution in [0.2, 0.25) is 0 Å². The Balaban J connectivity index is 1.63. The molecule has 4 N–H and O–H groups in total. The van der Waals surface area contributed by atoms with Gasteiger partial charge in [-0.25, -0.2) is 0 Å². The smallest absolute Gasteiger partial charge is 0.191 e. The summed E-state index contributed by atoms with van der Waals surface area (Å²) in [4.78, 5) is 0. The van der Waals surface area contributed by atoms with Crippen molar-refractivity contribution < 1.29 is 25.2 Å². The minimum absolute atomic E-state index is 0.380. The summed E-state index contributed by atoms with van der Waals surface area (Å²) in [6.45, 7) is -0.530. The van der Waals surface area contributed by atoms with Crippen LogP contribution >= 0.6 is 0 Å². The van der Waals surface area contributed by atoms with Crippen LogP contribution in [-0.2, 0) is 4.74 Å². The lowest BCUT2D eigenvalue weighted by Crippen LogP contribution is -2.65. The molecule has 0 bridgehead atoms. The predicted octanol–water partition coefficient (Wildman–Crippen LogP) is 0.614. The highest BCUT2D eigenvalue weighted by Crippen LogP contribution is 2.30. The Labute approximate surface area is 181 Å². The van der Waals surface area contributed by atoms with Gasteiger partial charge in [0.1, 0.15) is 18.3 Å². The third-order valence-electron chi connectivity index (χ3n) is 5.87. The largest absolute Gasteiger partial charge is 0.394 e. The number of aliphatic hydroxyl groups excluding tert-OH is 3. The molecule has 2 heterocycles. The van der Waals surface area contributed by atoms with Gasteiger partial charge in [-0.1, -0.05) is 54.7 Å². The van der Waals surface area contributed by atoms with Crippen molar-refractivity contribution in [3.05, 3.63) is 53.9 Å². The van der Waals surface area contributed by atoms with Crippen LogP contribution in [0.15, 0.2) is 42.7 Å². The second kappa shape index (κ2) is 9.23. The lowest BCUT2D eigenvalue weighted by Gasteiger charge is -2.43. The summed E-state index contributed by atoms with van der Waals surface area (Å²) in [6.07, 6.45) is 2.57. The van der Waals surface area contributed by atoms with E-state index in [9.17, 15) is 20.4 Å². The normalized spacial score (nSPS) is 30.8. The monoisotopic (exact) mass is 422 g/mol. The molecule has 1 aromatic heterocycles. The van der Waals surface area contributed by atoms with Gasteiger partial charge >= 0.3 is 0 Å². The van der Waals surface area contributed by atoms with E-state index in [4.69, 9.17) is 4.74 Å². The molecule has 4 rings (SSSR count). The van der Waals surface area contributed by atoms with E-state index in [0.717, 1.165) is 12.8 Å². The van der Waals surface area contributed by atoms with Crippen molar-refractivity contribution in [2.24, 2.45) is 0 Å². The summed E-state index contributed by atoms with van der Waals surface area (Å²) in [6, 6.07) is 9.35. The highest BCUT2D eigenvalue weighted by Gasteiger charge is 2.53. The van der Waals surface area contributed by atoms with Gasteiger partial charge in [-0.15, -0.1) is 0 Å². The van der Waals surface area contributed by atoms with Gasteiger partial charge in [0, 0.05) is 11.8 Å². The molecule has 1 aliphatic heterocycles. The van der Waals surface area contributed by atoms with E-state index in [1.54, 1.807) is 30.5 Å². The molecule has 1 aromatic carbocycles. The average molecular weight is 422 g/mol. The zero-order valence-electron chi connectivity index (χ0n) is 17.1. The molecule has 2 fully saturated rings. The Kier molecular flexibility index (Phi) is 6.43. The molecule has 0 radical (unpaired) electrons. The van der Waals surface area contributed by atoms with E-state index in [1.165, 1.54) is 12.8 Å². The molecule has 2 aromatic rings. The zero-order chi connectivity index (χ0) is 21.8. The number of aromatic nitrogens is 2. The van der Waals surface area contributed by atoms with Gasteiger partial charge < -0.3 is 25.2 Å². The van der Waals surface area contributed by atoms with E-state index in [0.29, 0.717) is 17.2 Å². The summed E-state index contributed by atoms with van der Waals surface area (Å²) < 4.78 is 7.55. The Hall–Kier alpha value is -2.65. The van der Waals surface area contributed by atoms with Crippen LogP contribution in [0.5, 0.6) is 0 Å². The SMILES string of the molecule is OC[C@H]1O[C@H](C#Cc2cnn(C3CCCC3)c2)[C@](O)(C#Cc2ccccc2)[C@@H](O)[C@@H]1O. The highest BCUT2D eigenvalue weighted by atomic mass is 16.5. The Morgan fingerprint density at radius 2 is 1.84 bits per heavy atom. The van der Waals surface area contributed by atoms with Gasteiger partial charge in [-0.2, -0.15) is 5.10 Å².